The van der Waals surface area contributed by atoms with Crippen LogP contribution in [0.4, 0.5) is 0 Å². The first kappa shape index (κ1) is 28.1. The summed E-state index contributed by atoms with van der Waals surface area (Å²) in [7, 11) is 1.48. The fourth-order valence-electron chi connectivity index (χ4n) is 4.07. The minimum absolute atomic E-state index is 0.0613. The normalized spacial score (nSPS) is 14.5. The molecule has 0 aliphatic heterocycles. The van der Waals surface area contributed by atoms with E-state index in [1.54, 1.807) is 19.1 Å². The van der Waals surface area contributed by atoms with Crippen LogP contribution in [-0.4, -0.2) is 59.0 Å². The first-order valence-electron chi connectivity index (χ1n) is 12.1. The molecule has 0 spiro atoms. The summed E-state index contributed by atoms with van der Waals surface area (Å²) in [4.78, 5) is 24.1. The molecule has 5 N–H and O–H groups in total. The van der Waals surface area contributed by atoms with Gasteiger partial charge in [0.1, 0.15) is 0 Å². The number of aliphatic carboxylic acids is 1. The molecular weight excluding hydrogens is 448 g/mol. The second-order valence-corrected chi connectivity index (χ2v) is 8.83. The first-order chi connectivity index (χ1) is 16.7. The van der Waals surface area contributed by atoms with E-state index in [0.29, 0.717) is 31.6 Å². The molecule has 0 aromatic heterocycles. The lowest BCUT2D eigenvalue weighted by molar-refractivity contribution is -0.140. The topological polar surface area (TPSA) is 128 Å². The van der Waals surface area contributed by atoms with Gasteiger partial charge in [-0.3, -0.25) is 9.59 Å². The van der Waals surface area contributed by atoms with Crippen molar-refractivity contribution < 1.29 is 29.6 Å². The molecule has 2 aromatic carbocycles. The van der Waals surface area contributed by atoms with Crippen molar-refractivity contribution in [2.24, 2.45) is 0 Å². The summed E-state index contributed by atoms with van der Waals surface area (Å²) in [6.45, 7) is 4.21. The van der Waals surface area contributed by atoms with Crippen molar-refractivity contribution in [2.45, 2.75) is 70.1 Å². The Bertz CT molecular complexity index is 937. The van der Waals surface area contributed by atoms with Crippen molar-refractivity contribution in [1.82, 2.24) is 10.6 Å². The van der Waals surface area contributed by atoms with Crippen LogP contribution in [0.3, 0.4) is 0 Å². The van der Waals surface area contributed by atoms with Crippen molar-refractivity contribution >= 4 is 11.9 Å². The second kappa shape index (κ2) is 14.3. The maximum Gasteiger partial charge on any atom is 0.305 e. The number of rotatable bonds is 15. The summed E-state index contributed by atoms with van der Waals surface area (Å²) >= 11 is 0. The number of carbonyl (C=O) groups is 2. The number of phenols is 1. The number of amides is 1. The standard InChI is InChI=1S/C27H38N2O6/c1-4-20(21-10-6-5-7-11-21)16-23(30)18(2)29-27(34)22(17-26(32)33)28-14-8-9-19-12-13-25(35-3)24(31)15-19/h5-7,10-13,15,18,20,22-23,28,30-31H,4,8-9,14,16-17H2,1-3H3,(H,29,34)(H,32,33)/t18-,20+,22+,23+/m1/s1. The van der Waals surface area contributed by atoms with Gasteiger partial charge in [0.2, 0.25) is 5.91 Å². The number of hydrogen-bond acceptors (Lipinski definition) is 6. The molecular formula is C27H38N2O6. The van der Waals surface area contributed by atoms with Crippen molar-refractivity contribution in [2.75, 3.05) is 13.7 Å². The SMILES string of the molecule is CC[C@@H](C[C@H](O)[C@@H](C)NC(=O)[C@H](CC(=O)O)NCCCc1ccc(OC)c(O)c1)c1ccccc1. The molecule has 0 bridgehead atoms. The number of aromatic hydroxyl groups is 1. The third-order valence-corrected chi connectivity index (χ3v) is 6.21. The fraction of sp³-hybridized carbons (Fsp3) is 0.481. The van der Waals surface area contributed by atoms with Crippen molar-refractivity contribution in [3.63, 3.8) is 0 Å². The Morgan fingerprint density at radius 1 is 1.11 bits per heavy atom. The number of ether oxygens (including phenoxy) is 1. The molecule has 1 amide bonds. The molecule has 2 aromatic rings. The van der Waals surface area contributed by atoms with E-state index in [2.05, 4.69) is 17.6 Å². The van der Waals surface area contributed by atoms with Crippen LogP contribution >= 0.6 is 0 Å². The number of aliphatic hydroxyl groups is 1. The maximum atomic E-state index is 12.8. The summed E-state index contributed by atoms with van der Waals surface area (Å²) in [5.41, 5.74) is 2.05. The summed E-state index contributed by atoms with van der Waals surface area (Å²) < 4.78 is 5.04. The van der Waals surface area contributed by atoms with Gasteiger partial charge in [0, 0.05) is 0 Å². The number of carbonyl (C=O) groups excluding carboxylic acids is 1. The smallest absolute Gasteiger partial charge is 0.305 e. The summed E-state index contributed by atoms with van der Waals surface area (Å²) in [6.07, 6.45) is 1.50. The van der Waals surface area contributed by atoms with E-state index in [4.69, 9.17) is 4.74 Å². The first-order valence-corrected chi connectivity index (χ1v) is 12.1. The van der Waals surface area contributed by atoms with Gasteiger partial charge in [0.15, 0.2) is 11.5 Å². The van der Waals surface area contributed by atoms with Gasteiger partial charge < -0.3 is 30.7 Å². The van der Waals surface area contributed by atoms with E-state index in [9.17, 15) is 24.9 Å². The van der Waals surface area contributed by atoms with Crippen LogP contribution in [0.5, 0.6) is 11.5 Å². The number of carboxylic acid groups (broad SMARTS) is 1. The zero-order chi connectivity index (χ0) is 25.8. The maximum absolute atomic E-state index is 12.8. The predicted octanol–water partition coefficient (Wildman–Crippen LogP) is 3.22. The molecule has 0 radical (unpaired) electrons. The van der Waals surface area contributed by atoms with Gasteiger partial charge in [-0.15, -0.1) is 0 Å². The molecule has 0 unspecified atom stereocenters. The fourth-order valence-corrected chi connectivity index (χ4v) is 4.07. The Labute approximate surface area is 207 Å². The van der Waals surface area contributed by atoms with Crippen LogP contribution in [0.25, 0.3) is 0 Å². The lowest BCUT2D eigenvalue weighted by atomic mass is 9.89. The van der Waals surface area contributed by atoms with Gasteiger partial charge in [0.05, 0.1) is 31.7 Å². The number of aryl methyl sites for hydroxylation is 1. The second-order valence-electron chi connectivity index (χ2n) is 8.83. The molecule has 4 atom stereocenters. The van der Waals surface area contributed by atoms with Crippen LogP contribution in [-0.2, 0) is 16.0 Å². The molecule has 2 rings (SSSR count). The Hall–Kier alpha value is -3.10. The molecule has 0 fully saturated rings. The summed E-state index contributed by atoms with van der Waals surface area (Å²) in [5.74, 6) is -0.910. The minimum Gasteiger partial charge on any atom is -0.504 e. The van der Waals surface area contributed by atoms with Crippen molar-refractivity contribution in [3.8, 4) is 11.5 Å². The highest BCUT2D eigenvalue weighted by molar-refractivity contribution is 5.86. The summed E-state index contributed by atoms with van der Waals surface area (Å²) in [6, 6.07) is 13.7. The van der Waals surface area contributed by atoms with Crippen molar-refractivity contribution in [1.29, 1.82) is 0 Å². The molecule has 0 aliphatic carbocycles. The number of hydrogen-bond donors (Lipinski definition) is 5. The number of nitrogens with one attached hydrogen (secondary N) is 2. The number of aliphatic hydroxyl groups excluding tert-OH is 1. The van der Waals surface area contributed by atoms with Crippen LogP contribution < -0.4 is 15.4 Å². The van der Waals surface area contributed by atoms with Gasteiger partial charge in [-0.2, -0.15) is 0 Å². The number of benzene rings is 2. The Morgan fingerprint density at radius 2 is 1.83 bits per heavy atom. The Kier molecular flexibility index (Phi) is 11.5. The third kappa shape index (κ3) is 9.22. The van der Waals surface area contributed by atoms with E-state index in [1.165, 1.54) is 7.11 Å². The Morgan fingerprint density at radius 3 is 2.43 bits per heavy atom. The van der Waals surface area contributed by atoms with Crippen LogP contribution in [0.15, 0.2) is 48.5 Å². The average Bonchev–Trinajstić information content (AvgIpc) is 2.84. The predicted molar refractivity (Wildman–Crippen MR) is 135 cm³/mol. The monoisotopic (exact) mass is 486 g/mol. The van der Waals surface area contributed by atoms with Crippen LogP contribution in [0.2, 0.25) is 0 Å². The van der Waals surface area contributed by atoms with Crippen molar-refractivity contribution in [3.05, 3.63) is 59.7 Å². The van der Waals surface area contributed by atoms with E-state index in [1.807, 2.05) is 36.4 Å². The molecule has 35 heavy (non-hydrogen) atoms. The van der Waals surface area contributed by atoms with E-state index < -0.39 is 30.1 Å². The molecule has 192 valence electrons. The molecule has 0 heterocycles. The zero-order valence-electron chi connectivity index (χ0n) is 20.7. The zero-order valence-corrected chi connectivity index (χ0v) is 20.7. The van der Waals surface area contributed by atoms with Gasteiger partial charge in [-0.05, 0) is 68.3 Å². The largest absolute Gasteiger partial charge is 0.504 e. The molecule has 0 saturated carbocycles. The lowest BCUT2D eigenvalue weighted by Gasteiger charge is -2.26. The average molecular weight is 487 g/mol. The molecule has 0 aliphatic rings. The highest BCUT2D eigenvalue weighted by atomic mass is 16.5. The minimum atomic E-state index is -1.08. The van der Waals surface area contributed by atoms with Gasteiger partial charge in [0.25, 0.3) is 0 Å². The van der Waals surface area contributed by atoms with Crippen LogP contribution in [0, 0.1) is 0 Å². The quantitative estimate of drug-likeness (QED) is 0.245. The highest BCUT2D eigenvalue weighted by Gasteiger charge is 2.26. The summed E-state index contributed by atoms with van der Waals surface area (Å²) in [5, 5.41) is 35.7. The Balaban J connectivity index is 1.87. The van der Waals surface area contributed by atoms with Crippen LogP contribution in [0.1, 0.15) is 56.6 Å². The van der Waals surface area contributed by atoms with Gasteiger partial charge in [-0.25, -0.2) is 0 Å². The molecule has 8 heteroatoms. The third-order valence-electron chi connectivity index (χ3n) is 6.21. The highest BCUT2D eigenvalue weighted by Crippen LogP contribution is 2.27. The van der Waals surface area contributed by atoms with E-state index >= 15 is 0 Å². The number of phenolic OH excluding ortho intramolecular Hbond substituents is 1. The van der Waals surface area contributed by atoms with E-state index in [0.717, 1.165) is 17.5 Å². The number of carboxylic acids is 1. The van der Waals surface area contributed by atoms with Gasteiger partial charge in [-0.1, -0.05) is 43.3 Å². The molecule has 8 nitrogen and oxygen atoms in total. The lowest BCUT2D eigenvalue weighted by Crippen LogP contribution is -2.51. The number of methoxy groups -OCH3 is 1. The van der Waals surface area contributed by atoms with E-state index in [-0.39, 0.29) is 18.1 Å². The molecule has 0 saturated heterocycles. The van der Waals surface area contributed by atoms with Gasteiger partial charge >= 0.3 is 5.97 Å².